The molecule has 0 bridgehead atoms. The van der Waals surface area contributed by atoms with Crippen molar-refractivity contribution in [1.82, 2.24) is 9.97 Å². The zero-order chi connectivity index (χ0) is 23.4. The first kappa shape index (κ1) is 22.7. The first-order valence-electron chi connectivity index (χ1n) is 10.1. The Balaban J connectivity index is 1.58. The second kappa shape index (κ2) is 10.0. The monoisotopic (exact) mass is 477 g/mol. The standard InChI is InChI=1S/C23H19N5O3S2/c24-8-17-19(15-2-1-7-31-10-15)18(9-25)22(28-20(17)26)33-12-16-11-32-21(27-16)13-3-5-14(6-4-13)23(29)30/h3-6,11,15H,1-2,7,10,12H2,(H2,26,28)(H,29,30). The van der Waals surface area contributed by atoms with Gasteiger partial charge in [0, 0.05) is 29.2 Å². The fourth-order valence-corrected chi connectivity index (χ4v) is 5.54. The molecule has 1 fully saturated rings. The molecule has 1 unspecified atom stereocenters. The Kier molecular flexibility index (Phi) is 6.90. The molecule has 1 aliphatic heterocycles. The summed E-state index contributed by atoms with van der Waals surface area (Å²) in [4.78, 5) is 20.0. The second-order valence-electron chi connectivity index (χ2n) is 7.42. The number of hydrogen-bond acceptors (Lipinski definition) is 9. The fraction of sp³-hybridized carbons (Fsp3) is 0.261. The molecule has 10 heteroatoms. The summed E-state index contributed by atoms with van der Waals surface area (Å²) in [7, 11) is 0. The molecule has 0 saturated carbocycles. The third-order valence-corrected chi connectivity index (χ3v) is 7.26. The molecule has 0 aliphatic carbocycles. The lowest BCUT2D eigenvalue weighted by Gasteiger charge is -2.25. The molecule has 0 radical (unpaired) electrons. The molecule has 4 rings (SSSR count). The van der Waals surface area contributed by atoms with Crippen molar-refractivity contribution in [3.8, 4) is 22.7 Å². The molecule has 1 atom stereocenters. The van der Waals surface area contributed by atoms with Gasteiger partial charge in [-0.1, -0.05) is 23.9 Å². The van der Waals surface area contributed by atoms with Crippen molar-refractivity contribution < 1.29 is 14.6 Å². The van der Waals surface area contributed by atoms with Crippen molar-refractivity contribution in [2.24, 2.45) is 0 Å². The van der Waals surface area contributed by atoms with Crippen molar-refractivity contribution in [2.45, 2.75) is 29.5 Å². The maximum Gasteiger partial charge on any atom is 0.335 e. The summed E-state index contributed by atoms with van der Waals surface area (Å²) in [5.41, 5.74) is 9.22. The number of rotatable bonds is 6. The third kappa shape index (κ3) is 4.83. The highest BCUT2D eigenvalue weighted by molar-refractivity contribution is 7.98. The van der Waals surface area contributed by atoms with Crippen LogP contribution in [0.3, 0.4) is 0 Å². The molecule has 2 aromatic heterocycles. The van der Waals surface area contributed by atoms with Crippen LogP contribution in [0.1, 0.15) is 51.5 Å². The van der Waals surface area contributed by atoms with Crippen LogP contribution in [0.2, 0.25) is 0 Å². The van der Waals surface area contributed by atoms with E-state index in [9.17, 15) is 15.3 Å². The molecule has 1 saturated heterocycles. The second-order valence-corrected chi connectivity index (χ2v) is 9.24. The number of aromatic nitrogens is 2. The highest BCUT2D eigenvalue weighted by Gasteiger charge is 2.27. The summed E-state index contributed by atoms with van der Waals surface area (Å²) in [6, 6.07) is 10.9. The van der Waals surface area contributed by atoms with E-state index in [0.29, 0.717) is 35.1 Å². The van der Waals surface area contributed by atoms with Gasteiger partial charge in [-0.2, -0.15) is 10.5 Å². The minimum Gasteiger partial charge on any atom is -0.478 e. The van der Waals surface area contributed by atoms with Gasteiger partial charge >= 0.3 is 5.97 Å². The highest BCUT2D eigenvalue weighted by Crippen LogP contribution is 2.37. The first-order valence-corrected chi connectivity index (χ1v) is 12.0. The van der Waals surface area contributed by atoms with Crippen LogP contribution in [0.4, 0.5) is 5.82 Å². The number of pyridine rings is 1. The lowest BCUT2D eigenvalue weighted by molar-refractivity contribution is 0.0697. The average Bonchev–Trinajstić information content (AvgIpc) is 3.32. The number of nitrogens with two attached hydrogens (primary N) is 1. The molecule has 3 aromatic rings. The highest BCUT2D eigenvalue weighted by atomic mass is 32.2. The van der Waals surface area contributed by atoms with Gasteiger partial charge < -0.3 is 15.6 Å². The number of carboxylic acids is 1. The van der Waals surface area contributed by atoms with Crippen molar-refractivity contribution in [1.29, 1.82) is 10.5 Å². The number of carboxylic acid groups (broad SMARTS) is 1. The van der Waals surface area contributed by atoms with Gasteiger partial charge in [-0.15, -0.1) is 11.3 Å². The summed E-state index contributed by atoms with van der Waals surface area (Å²) in [6.07, 6.45) is 1.69. The van der Waals surface area contributed by atoms with E-state index in [2.05, 4.69) is 22.1 Å². The van der Waals surface area contributed by atoms with E-state index in [-0.39, 0.29) is 22.9 Å². The molecular formula is C23H19N5O3S2. The zero-order valence-electron chi connectivity index (χ0n) is 17.4. The van der Waals surface area contributed by atoms with E-state index in [4.69, 9.17) is 15.6 Å². The number of nitriles is 2. The molecule has 8 nitrogen and oxygen atoms in total. The SMILES string of the molecule is N#Cc1c(N)nc(SCc2csc(-c3ccc(C(=O)O)cc3)n2)c(C#N)c1C1CCCOC1. The lowest BCUT2D eigenvalue weighted by atomic mass is 9.88. The summed E-state index contributed by atoms with van der Waals surface area (Å²) >= 11 is 2.81. The average molecular weight is 478 g/mol. The largest absolute Gasteiger partial charge is 0.478 e. The number of hydrogen-bond donors (Lipinski definition) is 2. The number of thioether (sulfide) groups is 1. The molecule has 166 valence electrons. The molecule has 0 amide bonds. The van der Waals surface area contributed by atoms with E-state index < -0.39 is 5.97 Å². The first-order chi connectivity index (χ1) is 16.0. The molecular weight excluding hydrogens is 458 g/mol. The van der Waals surface area contributed by atoms with Gasteiger partial charge in [0.1, 0.15) is 28.0 Å². The molecule has 1 aromatic carbocycles. The Labute approximate surface area is 198 Å². The van der Waals surface area contributed by atoms with E-state index in [0.717, 1.165) is 29.1 Å². The van der Waals surface area contributed by atoms with Crippen LogP contribution in [0.25, 0.3) is 10.6 Å². The van der Waals surface area contributed by atoms with E-state index in [1.165, 1.54) is 23.1 Å². The Morgan fingerprint density at radius 1 is 1.24 bits per heavy atom. The minimum absolute atomic E-state index is 0.0626. The maximum absolute atomic E-state index is 11.0. The van der Waals surface area contributed by atoms with Crippen molar-refractivity contribution >= 4 is 34.9 Å². The number of carbonyl (C=O) groups is 1. The lowest BCUT2D eigenvalue weighted by Crippen LogP contribution is -2.19. The van der Waals surface area contributed by atoms with Crippen LogP contribution in [-0.4, -0.2) is 34.3 Å². The fourth-order valence-electron chi connectivity index (χ4n) is 3.71. The maximum atomic E-state index is 11.0. The number of nitrogens with zero attached hydrogens (tertiary/aromatic N) is 4. The quantitative estimate of drug-likeness (QED) is 0.493. The van der Waals surface area contributed by atoms with Gasteiger partial charge in [0.2, 0.25) is 0 Å². The summed E-state index contributed by atoms with van der Waals surface area (Å²) in [5.74, 6) is -0.444. The predicted octanol–water partition coefficient (Wildman–Crippen LogP) is 4.42. The van der Waals surface area contributed by atoms with Crippen LogP contribution in [-0.2, 0) is 10.5 Å². The molecule has 3 heterocycles. The normalized spacial score (nSPS) is 15.5. The number of benzene rings is 1. The van der Waals surface area contributed by atoms with Crippen molar-refractivity contribution in [2.75, 3.05) is 18.9 Å². The topological polar surface area (TPSA) is 146 Å². The Bertz CT molecular complexity index is 1270. The predicted molar refractivity (Wildman–Crippen MR) is 125 cm³/mol. The number of thiazole rings is 1. The number of nitrogen functional groups attached to an aromatic ring is 1. The molecule has 1 aliphatic rings. The molecule has 3 N–H and O–H groups in total. The van der Waals surface area contributed by atoms with Gasteiger partial charge in [-0.3, -0.25) is 0 Å². The Morgan fingerprint density at radius 3 is 2.64 bits per heavy atom. The minimum atomic E-state index is -0.973. The van der Waals surface area contributed by atoms with Crippen LogP contribution >= 0.6 is 23.1 Å². The van der Waals surface area contributed by atoms with Crippen LogP contribution < -0.4 is 5.73 Å². The van der Waals surface area contributed by atoms with E-state index >= 15 is 0 Å². The van der Waals surface area contributed by atoms with Crippen molar-refractivity contribution in [3.05, 3.63) is 57.6 Å². The summed E-state index contributed by atoms with van der Waals surface area (Å²) < 4.78 is 5.58. The summed E-state index contributed by atoms with van der Waals surface area (Å²) in [6.45, 7) is 1.13. The zero-order valence-corrected chi connectivity index (χ0v) is 19.1. The van der Waals surface area contributed by atoms with Gasteiger partial charge in [-0.05, 0) is 30.5 Å². The van der Waals surface area contributed by atoms with Crippen LogP contribution in [0.15, 0.2) is 34.7 Å². The Hall–Kier alpha value is -3.44. The van der Waals surface area contributed by atoms with Gasteiger partial charge in [0.05, 0.1) is 29.0 Å². The Morgan fingerprint density at radius 2 is 2.00 bits per heavy atom. The summed E-state index contributed by atoms with van der Waals surface area (Å²) in [5, 5.41) is 31.8. The smallest absolute Gasteiger partial charge is 0.335 e. The van der Waals surface area contributed by atoms with Gasteiger partial charge in [0.15, 0.2) is 0 Å². The number of ether oxygens (including phenoxy) is 1. The number of aromatic carboxylic acids is 1. The van der Waals surface area contributed by atoms with Crippen LogP contribution in [0, 0.1) is 22.7 Å². The van der Waals surface area contributed by atoms with E-state index in [1.807, 2.05) is 5.38 Å². The van der Waals surface area contributed by atoms with Gasteiger partial charge in [-0.25, -0.2) is 14.8 Å². The third-order valence-electron chi connectivity index (χ3n) is 5.31. The molecule has 33 heavy (non-hydrogen) atoms. The molecule has 0 spiro atoms. The van der Waals surface area contributed by atoms with Gasteiger partial charge in [0.25, 0.3) is 0 Å². The van der Waals surface area contributed by atoms with Crippen molar-refractivity contribution in [3.63, 3.8) is 0 Å². The van der Waals surface area contributed by atoms with E-state index in [1.54, 1.807) is 24.3 Å². The van der Waals surface area contributed by atoms with Crippen LogP contribution in [0.5, 0.6) is 0 Å². The number of anilines is 1.